The molecule has 2 heterocycles. The summed E-state index contributed by atoms with van der Waals surface area (Å²) in [6.45, 7) is 2.21. The van der Waals surface area contributed by atoms with Gasteiger partial charge in [-0.2, -0.15) is 0 Å². The van der Waals surface area contributed by atoms with Crippen molar-refractivity contribution in [2.24, 2.45) is 0 Å². The summed E-state index contributed by atoms with van der Waals surface area (Å²) in [5.41, 5.74) is 5.87. The molecule has 0 aliphatic heterocycles. The molecular formula is C20H18N2. The van der Waals surface area contributed by atoms with Gasteiger partial charge in [-0.3, -0.25) is 4.98 Å². The van der Waals surface area contributed by atoms with Gasteiger partial charge in [-0.1, -0.05) is 49.7 Å². The highest BCUT2D eigenvalue weighted by Gasteiger charge is 2.10. The van der Waals surface area contributed by atoms with Crippen LogP contribution >= 0.6 is 0 Å². The molecule has 2 aromatic heterocycles. The maximum atomic E-state index is 4.64. The summed E-state index contributed by atoms with van der Waals surface area (Å²) in [5, 5.41) is 2.49. The Kier molecular flexibility index (Phi) is 3.15. The molecule has 0 aliphatic carbocycles. The highest BCUT2D eigenvalue weighted by Crippen LogP contribution is 2.31. The molecule has 0 aliphatic rings. The van der Waals surface area contributed by atoms with Crippen molar-refractivity contribution < 1.29 is 0 Å². The van der Waals surface area contributed by atoms with Crippen molar-refractivity contribution in [3.8, 4) is 11.3 Å². The maximum Gasteiger partial charge on any atom is 0.0943 e. The SMILES string of the molecule is CCCc1cccc(-c2nccc3c2[nH]c2ccccc23)c1. The molecule has 2 heteroatoms. The number of benzene rings is 2. The van der Waals surface area contributed by atoms with Crippen LogP contribution in [0, 0.1) is 0 Å². The summed E-state index contributed by atoms with van der Waals surface area (Å²) >= 11 is 0. The first-order chi connectivity index (χ1) is 10.9. The van der Waals surface area contributed by atoms with Crippen LogP contribution in [-0.4, -0.2) is 9.97 Å². The smallest absolute Gasteiger partial charge is 0.0943 e. The summed E-state index contributed by atoms with van der Waals surface area (Å²) in [7, 11) is 0. The molecule has 1 N–H and O–H groups in total. The molecule has 0 radical (unpaired) electrons. The Hall–Kier alpha value is -2.61. The minimum absolute atomic E-state index is 1.03. The van der Waals surface area contributed by atoms with Gasteiger partial charge in [0.05, 0.1) is 11.2 Å². The molecule has 0 fully saturated rings. The zero-order valence-corrected chi connectivity index (χ0v) is 12.6. The Morgan fingerprint density at radius 1 is 0.955 bits per heavy atom. The third kappa shape index (κ3) is 2.08. The summed E-state index contributed by atoms with van der Waals surface area (Å²) < 4.78 is 0. The normalized spacial score (nSPS) is 11.3. The van der Waals surface area contributed by atoms with Crippen LogP contribution in [0.2, 0.25) is 0 Å². The van der Waals surface area contributed by atoms with Gasteiger partial charge in [0.15, 0.2) is 0 Å². The average Bonchev–Trinajstić information content (AvgIpc) is 2.94. The van der Waals surface area contributed by atoms with Crippen molar-refractivity contribution in [2.45, 2.75) is 19.8 Å². The highest BCUT2D eigenvalue weighted by molar-refractivity contribution is 6.10. The van der Waals surface area contributed by atoms with E-state index in [1.807, 2.05) is 6.20 Å². The fraction of sp³-hybridized carbons (Fsp3) is 0.150. The minimum Gasteiger partial charge on any atom is -0.353 e. The van der Waals surface area contributed by atoms with Crippen molar-refractivity contribution in [2.75, 3.05) is 0 Å². The van der Waals surface area contributed by atoms with Gasteiger partial charge in [0, 0.05) is 28.0 Å². The van der Waals surface area contributed by atoms with E-state index in [4.69, 9.17) is 0 Å². The topological polar surface area (TPSA) is 28.7 Å². The van der Waals surface area contributed by atoms with Crippen LogP contribution in [0.5, 0.6) is 0 Å². The predicted molar refractivity (Wildman–Crippen MR) is 93.0 cm³/mol. The molecule has 0 saturated carbocycles. The highest BCUT2D eigenvalue weighted by atomic mass is 14.8. The van der Waals surface area contributed by atoms with E-state index in [1.54, 1.807) is 0 Å². The van der Waals surface area contributed by atoms with Gasteiger partial charge in [-0.05, 0) is 30.2 Å². The molecule has 2 aromatic carbocycles. The number of nitrogens with one attached hydrogen (secondary N) is 1. The molecule has 22 heavy (non-hydrogen) atoms. The monoisotopic (exact) mass is 286 g/mol. The molecule has 0 saturated heterocycles. The first kappa shape index (κ1) is 13.1. The van der Waals surface area contributed by atoms with E-state index in [0.29, 0.717) is 0 Å². The van der Waals surface area contributed by atoms with Gasteiger partial charge in [0.1, 0.15) is 0 Å². The third-order valence-corrected chi connectivity index (χ3v) is 4.17. The second kappa shape index (κ2) is 5.30. The van der Waals surface area contributed by atoms with Crippen molar-refractivity contribution >= 4 is 21.8 Å². The Bertz CT molecular complexity index is 950. The van der Waals surface area contributed by atoms with E-state index < -0.39 is 0 Å². The van der Waals surface area contributed by atoms with Crippen molar-refractivity contribution in [1.82, 2.24) is 9.97 Å². The van der Waals surface area contributed by atoms with Gasteiger partial charge >= 0.3 is 0 Å². The number of H-pyrrole nitrogens is 1. The van der Waals surface area contributed by atoms with Crippen molar-refractivity contribution in [1.29, 1.82) is 0 Å². The number of para-hydroxylation sites is 1. The fourth-order valence-corrected chi connectivity index (χ4v) is 3.16. The molecule has 108 valence electrons. The summed E-state index contributed by atoms with van der Waals surface area (Å²) in [6, 6.07) is 19.2. The third-order valence-electron chi connectivity index (χ3n) is 4.17. The number of nitrogens with zero attached hydrogens (tertiary/aromatic N) is 1. The summed E-state index contributed by atoms with van der Waals surface area (Å²) in [4.78, 5) is 8.18. The molecule has 0 spiro atoms. The van der Waals surface area contributed by atoms with E-state index >= 15 is 0 Å². The Labute approximate surface area is 129 Å². The number of fused-ring (bicyclic) bond motifs is 3. The molecule has 0 bridgehead atoms. The van der Waals surface area contributed by atoms with Crippen LogP contribution in [0.3, 0.4) is 0 Å². The summed E-state index contributed by atoms with van der Waals surface area (Å²) in [6.07, 6.45) is 4.18. The van der Waals surface area contributed by atoms with E-state index in [2.05, 4.69) is 71.5 Å². The minimum atomic E-state index is 1.03. The number of pyridine rings is 1. The van der Waals surface area contributed by atoms with Crippen LogP contribution < -0.4 is 0 Å². The van der Waals surface area contributed by atoms with Crippen molar-refractivity contribution in [3.63, 3.8) is 0 Å². The second-order valence-electron chi connectivity index (χ2n) is 5.70. The maximum absolute atomic E-state index is 4.64. The molecule has 4 rings (SSSR count). The second-order valence-corrected chi connectivity index (χ2v) is 5.70. The molecular weight excluding hydrogens is 268 g/mol. The molecule has 0 unspecified atom stereocenters. The number of aromatic nitrogens is 2. The van der Waals surface area contributed by atoms with E-state index in [1.165, 1.54) is 21.9 Å². The van der Waals surface area contributed by atoms with Crippen LogP contribution in [0.25, 0.3) is 33.1 Å². The average molecular weight is 286 g/mol. The lowest BCUT2D eigenvalue weighted by atomic mass is 10.0. The number of aryl methyl sites for hydroxylation is 1. The van der Waals surface area contributed by atoms with Crippen LogP contribution in [-0.2, 0) is 6.42 Å². The first-order valence-electron chi connectivity index (χ1n) is 7.81. The molecule has 4 aromatic rings. The molecule has 0 atom stereocenters. The zero-order chi connectivity index (χ0) is 14.9. The van der Waals surface area contributed by atoms with Crippen LogP contribution in [0.1, 0.15) is 18.9 Å². The van der Waals surface area contributed by atoms with Gasteiger partial charge in [-0.25, -0.2) is 0 Å². The van der Waals surface area contributed by atoms with Gasteiger partial charge in [0.2, 0.25) is 0 Å². The van der Waals surface area contributed by atoms with Crippen LogP contribution in [0.15, 0.2) is 60.8 Å². The zero-order valence-electron chi connectivity index (χ0n) is 12.6. The van der Waals surface area contributed by atoms with E-state index in [9.17, 15) is 0 Å². The largest absolute Gasteiger partial charge is 0.353 e. The first-order valence-corrected chi connectivity index (χ1v) is 7.81. The number of hydrogen-bond donors (Lipinski definition) is 1. The predicted octanol–water partition coefficient (Wildman–Crippen LogP) is 5.34. The summed E-state index contributed by atoms with van der Waals surface area (Å²) in [5.74, 6) is 0. The standard InChI is InChI=1S/C20H18N2/c1-2-6-14-7-5-8-15(13-14)19-20-17(11-12-21-19)16-9-3-4-10-18(16)22-20/h3-5,7-13,22H,2,6H2,1H3. The Morgan fingerprint density at radius 2 is 1.86 bits per heavy atom. The van der Waals surface area contributed by atoms with Gasteiger partial charge in [-0.15, -0.1) is 0 Å². The van der Waals surface area contributed by atoms with E-state index in [0.717, 1.165) is 29.6 Å². The Balaban J connectivity index is 1.97. The quantitative estimate of drug-likeness (QED) is 0.541. The number of aromatic amines is 1. The number of hydrogen-bond acceptors (Lipinski definition) is 1. The fourth-order valence-electron chi connectivity index (χ4n) is 3.16. The van der Waals surface area contributed by atoms with E-state index in [-0.39, 0.29) is 0 Å². The lowest BCUT2D eigenvalue weighted by molar-refractivity contribution is 0.922. The van der Waals surface area contributed by atoms with Gasteiger partial charge in [0.25, 0.3) is 0 Å². The molecule has 0 amide bonds. The lowest BCUT2D eigenvalue weighted by Crippen LogP contribution is -1.88. The number of rotatable bonds is 3. The van der Waals surface area contributed by atoms with Crippen molar-refractivity contribution in [3.05, 3.63) is 66.4 Å². The Morgan fingerprint density at radius 3 is 2.77 bits per heavy atom. The molecule has 2 nitrogen and oxygen atoms in total. The van der Waals surface area contributed by atoms with Crippen LogP contribution in [0.4, 0.5) is 0 Å². The lowest BCUT2D eigenvalue weighted by Gasteiger charge is -2.05. The van der Waals surface area contributed by atoms with Gasteiger partial charge < -0.3 is 4.98 Å².